The highest BCUT2D eigenvalue weighted by molar-refractivity contribution is 6.14. The summed E-state index contributed by atoms with van der Waals surface area (Å²) in [7, 11) is 0. The fraction of sp³-hybridized carbons (Fsp3) is 0.444. The summed E-state index contributed by atoms with van der Waals surface area (Å²) in [4.78, 5) is 4.32. The summed E-state index contributed by atoms with van der Waals surface area (Å²) in [5, 5.41) is 4.18. The summed E-state index contributed by atoms with van der Waals surface area (Å²) in [6.45, 7) is 4.36. The van der Waals surface area contributed by atoms with E-state index in [-0.39, 0.29) is 6.17 Å². The van der Waals surface area contributed by atoms with Crippen LogP contribution in [0.15, 0.2) is 21.7 Å². The van der Waals surface area contributed by atoms with Crippen LogP contribution >= 0.6 is 0 Å². The van der Waals surface area contributed by atoms with Gasteiger partial charge in [-0.25, -0.2) is 4.99 Å². The molecule has 0 aromatic rings. The highest BCUT2D eigenvalue weighted by Gasteiger charge is 2.31. The summed E-state index contributed by atoms with van der Waals surface area (Å²) in [6, 6.07) is 0. The molecule has 0 aromatic heterocycles. The van der Waals surface area contributed by atoms with Gasteiger partial charge in [0.1, 0.15) is 0 Å². The smallest absolute Gasteiger partial charge is 0.213 e. The van der Waals surface area contributed by atoms with E-state index in [1.54, 1.807) is 0 Å². The third-order valence-electron chi connectivity index (χ3n) is 2.13. The normalized spacial score (nSPS) is 25.8. The number of hydrogen-bond donors (Lipinski definition) is 0. The van der Waals surface area contributed by atoms with Crippen molar-refractivity contribution in [2.75, 3.05) is 0 Å². The first kappa shape index (κ1) is 7.40. The average molecular weight is 162 g/mol. The first-order chi connectivity index (χ1) is 5.79. The minimum atomic E-state index is 0.134. The summed E-state index contributed by atoms with van der Waals surface area (Å²) in [5.41, 5.74) is 1.33. The molecule has 2 aliphatic heterocycles. The Morgan fingerprint density at radius 1 is 1.42 bits per heavy atom. The van der Waals surface area contributed by atoms with E-state index in [9.17, 15) is 0 Å². The Bertz CT molecular complexity index is 308. The largest absolute Gasteiger partial charge is 0.299 e. The van der Waals surface area contributed by atoms with Crippen molar-refractivity contribution in [3.63, 3.8) is 0 Å². The highest BCUT2D eigenvalue weighted by atomic mass is 15.4. The molecule has 2 aliphatic rings. The molecule has 2 rings (SSSR count). The van der Waals surface area contributed by atoms with Crippen molar-refractivity contribution < 1.29 is 4.68 Å². The zero-order chi connectivity index (χ0) is 8.55. The van der Waals surface area contributed by atoms with E-state index in [0.29, 0.717) is 5.92 Å². The van der Waals surface area contributed by atoms with Crippen LogP contribution in [0, 0.1) is 5.92 Å². The van der Waals surface area contributed by atoms with Gasteiger partial charge >= 0.3 is 0 Å². The number of rotatable bonds is 1. The fourth-order valence-electron chi connectivity index (χ4n) is 1.45. The molecule has 0 radical (unpaired) electrons. The van der Waals surface area contributed by atoms with E-state index in [0.717, 1.165) is 0 Å². The summed E-state index contributed by atoms with van der Waals surface area (Å²) >= 11 is 0. The molecule has 0 aromatic carbocycles. The molecule has 0 bridgehead atoms. The van der Waals surface area contributed by atoms with E-state index in [1.807, 2.05) is 23.3 Å². The zero-order valence-electron chi connectivity index (χ0n) is 7.31. The van der Waals surface area contributed by atoms with Gasteiger partial charge in [0.25, 0.3) is 6.17 Å². The quantitative estimate of drug-likeness (QED) is 0.516. The lowest BCUT2D eigenvalue weighted by atomic mass is 10.00. The van der Waals surface area contributed by atoms with Crippen LogP contribution in [0.3, 0.4) is 0 Å². The van der Waals surface area contributed by atoms with Gasteiger partial charge in [0.05, 0.1) is 12.4 Å². The Hall–Kier alpha value is -1.25. The van der Waals surface area contributed by atoms with Crippen LogP contribution in [-0.2, 0) is 0 Å². The number of nitrogens with zero attached hydrogens (tertiary/aromatic N) is 3. The minimum absolute atomic E-state index is 0.134. The number of allylic oxidation sites excluding steroid dienone is 1. The second-order valence-electron chi connectivity index (χ2n) is 3.29. The van der Waals surface area contributed by atoms with E-state index >= 15 is 0 Å². The lowest BCUT2D eigenvalue weighted by Gasteiger charge is -2.13. The van der Waals surface area contributed by atoms with Gasteiger partial charge in [-0.15, -0.1) is 0 Å². The summed E-state index contributed by atoms with van der Waals surface area (Å²) in [6.07, 6.45) is 7.73. The van der Waals surface area contributed by atoms with Crippen LogP contribution in [0.25, 0.3) is 0 Å². The Morgan fingerprint density at radius 3 is 3.00 bits per heavy atom. The Kier molecular flexibility index (Phi) is 1.64. The lowest BCUT2D eigenvalue weighted by molar-refractivity contribution is -0.553. The number of hydrazone groups is 1. The second-order valence-corrected chi connectivity index (χ2v) is 3.29. The van der Waals surface area contributed by atoms with Crippen molar-refractivity contribution in [2.24, 2.45) is 16.0 Å². The molecule has 0 amide bonds. The SMILES string of the molecule is CC(C)C1=CC=N[N+]2=CC=NC12. The van der Waals surface area contributed by atoms with E-state index < -0.39 is 0 Å². The van der Waals surface area contributed by atoms with Crippen molar-refractivity contribution in [1.82, 2.24) is 0 Å². The molecule has 0 saturated heterocycles. The van der Waals surface area contributed by atoms with Crippen molar-refractivity contribution >= 4 is 18.6 Å². The Morgan fingerprint density at radius 2 is 2.25 bits per heavy atom. The molecule has 0 fully saturated rings. The lowest BCUT2D eigenvalue weighted by Crippen LogP contribution is -2.25. The minimum Gasteiger partial charge on any atom is -0.213 e. The molecule has 12 heavy (non-hydrogen) atoms. The molecule has 3 nitrogen and oxygen atoms in total. The predicted molar refractivity (Wildman–Crippen MR) is 50.0 cm³/mol. The molecule has 0 aliphatic carbocycles. The fourth-order valence-corrected chi connectivity index (χ4v) is 1.45. The maximum Gasteiger partial charge on any atom is 0.299 e. The van der Waals surface area contributed by atoms with Crippen LogP contribution in [0.5, 0.6) is 0 Å². The molecule has 0 spiro atoms. The monoisotopic (exact) mass is 162 g/mol. The van der Waals surface area contributed by atoms with Crippen LogP contribution in [0.1, 0.15) is 13.8 Å². The van der Waals surface area contributed by atoms with Gasteiger partial charge in [0, 0.05) is 5.57 Å². The van der Waals surface area contributed by atoms with Gasteiger partial charge < -0.3 is 0 Å². The highest BCUT2D eigenvalue weighted by Crippen LogP contribution is 2.21. The molecule has 62 valence electrons. The van der Waals surface area contributed by atoms with Gasteiger partial charge in [-0.1, -0.05) is 18.5 Å². The average Bonchev–Trinajstić information content (AvgIpc) is 2.49. The van der Waals surface area contributed by atoms with Gasteiger partial charge in [-0.2, -0.15) is 0 Å². The first-order valence-corrected chi connectivity index (χ1v) is 4.18. The number of hydrogen-bond acceptors (Lipinski definition) is 2. The van der Waals surface area contributed by atoms with Gasteiger partial charge in [0.15, 0.2) is 0 Å². The maximum absolute atomic E-state index is 4.32. The van der Waals surface area contributed by atoms with Crippen molar-refractivity contribution in [3.05, 3.63) is 11.6 Å². The molecule has 3 heteroatoms. The second kappa shape index (κ2) is 2.66. The van der Waals surface area contributed by atoms with Gasteiger partial charge in [-0.3, -0.25) is 0 Å². The topological polar surface area (TPSA) is 27.7 Å². The number of aliphatic imine (C=N–C) groups is 1. The molecule has 1 unspecified atom stereocenters. The number of fused-ring (bicyclic) bond motifs is 1. The van der Waals surface area contributed by atoms with Crippen molar-refractivity contribution in [2.45, 2.75) is 20.0 Å². The molecule has 0 saturated carbocycles. The standard InChI is InChI=1S/C9H12N3/c1-7(2)8-3-4-11-12-6-5-10-9(8)12/h3-7,9H,1-2H3/q+1. The summed E-state index contributed by atoms with van der Waals surface area (Å²) < 4.78 is 1.88. The van der Waals surface area contributed by atoms with Crippen LogP contribution in [-0.4, -0.2) is 29.5 Å². The predicted octanol–water partition coefficient (Wildman–Crippen LogP) is 1.06. The van der Waals surface area contributed by atoms with Gasteiger partial charge in [0.2, 0.25) is 6.21 Å². The van der Waals surface area contributed by atoms with E-state index in [4.69, 9.17) is 0 Å². The van der Waals surface area contributed by atoms with Crippen LogP contribution in [0.2, 0.25) is 0 Å². The van der Waals surface area contributed by atoms with Gasteiger partial charge in [-0.05, 0) is 17.1 Å². The Labute approximate surface area is 71.8 Å². The Balaban J connectivity index is 2.35. The molecular formula is C9H12N3+. The van der Waals surface area contributed by atoms with Crippen molar-refractivity contribution in [3.8, 4) is 0 Å². The third-order valence-corrected chi connectivity index (χ3v) is 2.13. The summed E-state index contributed by atoms with van der Waals surface area (Å²) in [5.74, 6) is 0.535. The molecule has 0 N–H and O–H groups in total. The van der Waals surface area contributed by atoms with E-state index in [2.05, 4.69) is 30.0 Å². The van der Waals surface area contributed by atoms with Crippen LogP contribution in [0.4, 0.5) is 0 Å². The van der Waals surface area contributed by atoms with Crippen LogP contribution < -0.4 is 0 Å². The molecule has 2 heterocycles. The van der Waals surface area contributed by atoms with Crippen molar-refractivity contribution in [1.29, 1.82) is 0 Å². The molecular weight excluding hydrogens is 150 g/mol. The zero-order valence-corrected chi connectivity index (χ0v) is 7.31. The first-order valence-electron chi connectivity index (χ1n) is 4.18. The maximum atomic E-state index is 4.32. The third kappa shape index (κ3) is 1.02. The van der Waals surface area contributed by atoms with E-state index in [1.165, 1.54) is 5.57 Å². The molecule has 1 atom stereocenters.